The standard InChI is InChI=1S/C22H22FN3O5/c1-14-7-8-16(23)11-17(14)26-10-9-25(21(28)22(26)29)13-19(27)24-12-15-5-4-6-18(30-2)20(15)31-3/h4-11H,12-13H2,1-3H3,(H,24,27). The first kappa shape index (κ1) is 21.8. The van der Waals surface area contributed by atoms with Gasteiger partial charge in [0.05, 0.1) is 19.9 Å². The summed E-state index contributed by atoms with van der Waals surface area (Å²) >= 11 is 0. The maximum Gasteiger partial charge on any atom is 0.320 e. The Morgan fingerprint density at radius 3 is 2.55 bits per heavy atom. The summed E-state index contributed by atoms with van der Waals surface area (Å²) in [6.45, 7) is 1.50. The first-order valence-corrected chi connectivity index (χ1v) is 9.41. The minimum Gasteiger partial charge on any atom is -0.493 e. The van der Waals surface area contributed by atoms with E-state index in [1.165, 1.54) is 44.8 Å². The zero-order valence-electron chi connectivity index (χ0n) is 17.3. The van der Waals surface area contributed by atoms with Crippen molar-refractivity contribution in [3.8, 4) is 17.2 Å². The molecule has 0 bridgehead atoms. The molecular weight excluding hydrogens is 405 g/mol. The summed E-state index contributed by atoms with van der Waals surface area (Å²) in [7, 11) is 3.01. The van der Waals surface area contributed by atoms with Gasteiger partial charge in [0.15, 0.2) is 11.5 Å². The molecule has 1 N–H and O–H groups in total. The van der Waals surface area contributed by atoms with Crippen LogP contribution in [-0.2, 0) is 17.9 Å². The third-order valence-electron chi connectivity index (χ3n) is 4.76. The fraction of sp³-hybridized carbons (Fsp3) is 0.227. The topological polar surface area (TPSA) is 91.6 Å². The van der Waals surface area contributed by atoms with Crippen LogP contribution in [0, 0.1) is 12.7 Å². The molecule has 9 heteroatoms. The lowest BCUT2D eigenvalue weighted by atomic mass is 10.2. The normalized spacial score (nSPS) is 10.6. The number of para-hydroxylation sites is 1. The summed E-state index contributed by atoms with van der Waals surface area (Å²) in [6, 6.07) is 9.24. The zero-order chi connectivity index (χ0) is 22.5. The van der Waals surface area contributed by atoms with E-state index in [4.69, 9.17) is 9.47 Å². The van der Waals surface area contributed by atoms with Crippen LogP contribution in [0.3, 0.4) is 0 Å². The number of nitrogens with zero attached hydrogens (tertiary/aromatic N) is 2. The van der Waals surface area contributed by atoms with E-state index in [2.05, 4.69) is 5.32 Å². The largest absolute Gasteiger partial charge is 0.493 e. The van der Waals surface area contributed by atoms with Gasteiger partial charge in [0.2, 0.25) is 5.91 Å². The molecule has 0 atom stereocenters. The highest BCUT2D eigenvalue weighted by molar-refractivity contribution is 5.75. The highest BCUT2D eigenvalue weighted by Crippen LogP contribution is 2.30. The van der Waals surface area contributed by atoms with Gasteiger partial charge in [0.25, 0.3) is 0 Å². The summed E-state index contributed by atoms with van der Waals surface area (Å²) in [5.41, 5.74) is -0.173. The van der Waals surface area contributed by atoms with Crippen molar-refractivity contribution in [3.05, 3.63) is 86.4 Å². The van der Waals surface area contributed by atoms with Crippen LogP contribution in [0.4, 0.5) is 4.39 Å². The smallest absolute Gasteiger partial charge is 0.320 e. The van der Waals surface area contributed by atoms with Crippen molar-refractivity contribution in [1.82, 2.24) is 14.5 Å². The molecule has 0 radical (unpaired) electrons. The maximum atomic E-state index is 13.6. The Hall–Kier alpha value is -3.88. The molecule has 1 aromatic heterocycles. The van der Waals surface area contributed by atoms with Gasteiger partial charge in [0.1, 0.15) is 12.4 Å². The summed E-state index contributed by atoms with van der Waals surface area (Å²) in [5.74, 6) is 0.0346. The number of carbonyl (C=O) groups excluding carboxylic acids is 1. The van der Waals surface area contributed by atoms with E-state index in [0.717, 1.165) is 9.13 Å². The molecule has 0 aliphatic rings. The molecule has 0 saturated heterocycles. The number of halogens is 1. The predicted molar refractivity (Wildman–Crippen MR) is 112 cm³/mol. The molecule has 0 aliphatic heterocycles. The molecule has 0 fully saturated rings. The molecule has 1 amide bonds. The Morgan fingerprint density at radius 2 is 1.84 bits per heavy atom. The fourth-order valence-electron chi connectivity index (χ4n) is 3.16. The van der Waals surface area contributed by atoms with Crippen molar-refractivity contribution in [3.63, 3.8) is 0 Å². The first-order chi connectivity index (χ1) is 14.8. The van der Waals surface area contributed by atoms with Gasteiger partial charge in [0, 0.05) is 24.5 Å². The van der Waals surface area contributed by atoms with Gasteiger partial charge in [-0.15, -0.1) is 0 Å². The Labute approximate surface area is 177 Å². The number of hydrogen-bond acceptors (Lipinski definition) is 5. The van der Waals surface area contributed by atoms with Crippen LogP contribution in [0.1, 0.15) is 11.1 Å². The lowest BCUT2D eigenvalue weighted by Gasteiger charge is -2.14. The van der Waals surface area contributed by atoms with E-state index in [1.54, 1.807) is 25.1 Å². The Kier molecular flexibility index (Phi) is 6.54. The van der Waals surface area contributed by atoms with E-state index in [1.807, 2.05) is 0 Å². The Bertz CT molecular complexity index is 1230. The lowest BCUT2D eigenvalue weighted by Crippen LogP contribution is -2.42. The number of rotatable bonds is 7. The predicted octanol–water partition coefficient (Wildman–Crippen LogP) is 1.78. The van der Waals surface area contributed by atoms with Crippen molar-refractivity contribution in [2.75, 3.05) is 14.2 Å². The molecule has 0 aliphatic carbocycles. The number of methoxy groups -OCH3 is 2. The minimum absolute atomic E-state index is 0.146. The average molecular weight is 427 g/mol. The second-order valence-corrected chi connectivity index (χ2v) is 6.77. The number of nitrogens with one attached hydrogen (secondary N) is 1. The third-order valence-corrected chi connectivity index (χ3v) is 4.76. The van der Waals surface area contributed by atoms with E-state index in [-0.39, 0.29) is 18.8 Å². The second-order valence-electron chi connectivity index (χ2n) is 6.77. The molecule has 3 aromatic rings. The van der Waals surface area contributed by atoms with Crippen LogP contribution in [0.15, 0.2) is 58.4 Å². The molecule has 162 valence electrons. The summed E-state index contributed by atoms with van der Waals surface area (Å²) in [6.07, 6.45) is 2.66. The molecule has 1 heterocycles. The van der Waals surface area contributed by atoms with Gasteiger partial charge in [-0.2, -0.15) is 0 Å². The van der Waals surface area contributed by atoms with Crippen molar-refractivity contribution in [1.29, 1.82) is 0 Å². The molecule has 0 spiro atoms. The van der Waals surface area contributed by atoms with Gasteiger partial charge in [-0.1, -0.05) is 18.2 Å². The summed E-state index contributed by atoms with van der Waals surface area (Å²) in [5, 5.41) is 2.69. The quantitative estimate of drug-likeness (QED) is 0.581. The molecule has 8 nitrogen and oxygen atoms in total. The zero-order valence-corrected chi connectivity index (χ0v) is 17.3. The van der Waals surface area contributed by atoms with Crippen LogP contribution in [0.25, 0.3) is 5.69 Å². The van der Waals surface area contributed by atoms with Crippen LogP contribution in [0.5, 0.6) is 11.5 Å². The molecular formula is C22H22FN3O5. The average Bonchev–Trinajstić information content (AvgIpc) is 2.77. The van der Waals surface area contributed by atoms with Crippen LogP contribution in [-0.4, -0.2) is 29.3 Å². The number of hydrogen-bond donors (Lipinski definition) is 1. The van der Waals surface area contributed by atoms with Crippen molar-refractivity contribution in [2.45, 2.75) is 20.0 Å². The first-order valence-electron chi connectivity index (χ1n) is 9.41. The SMILES string of the molecule is COc1cccc(CNC(=O)Cn2ccn(-c3cc(F)ccc3C)c(=O)c2=O)c1OC. The summed E-state index contributed by atoms with van der Waals surface area (Å²) in [4.78, 5) is 37.3. The number of amides is 1. The van der Waals surface area contributed by atoms with Gasteiger partial charge < -0.3 is 14.8 Å². The fourth-order valence-corrected chi connectivity index (χ4v) is 3.16. The van der Waals surface area contributed by atoms with Crippen LogP contribution < -0.4 is 25.9 Å². The Morgan fingerprint density at radius 1 is 1.06 bits per heavy atom. The number of carbonyl (C=O) groups is 1. The maximum absolute atomic E-state index is 13.6. The van der Waals surface area contributed by atoms with E-state index >= 15 is 0 Å². The molecule has 31 heavy (non-hydrogen) atoms. The number of aryl methyl sites for hydroxylation is 1. The van der Waals surface area contributed by atoms with E-state index in [0.29, 0.717) is 22.6 Å². The summed E-state index contributed by atoms with van der Waals surface area (Å²) < 4.78 is 26.2. The molecule has 0 saturated carbocycles. The highest BCUT2D eigenvalue weighted by atomic mass is 19.1. The number of aromatic nitrogens is 2. The van der Waals surface area contributed by atoms with Gasteiger partial charge in [-0.25, -0.2) is 4.39 Å². The molecule has 2 aromatic carbocycles. The van der Waals surface area contributed by atoms with Crippen LogP contribution >= 0.6 is 0 Å². The Balaban J connectivity index is 1.77. The van der Waals surface area contributed by atoms with Crippen LogP contribution in [0.2, 0.25) is 0 Å². The third kappa shape index (κ3) is 4.66. The number of benzene rings is 2. The minimum atomic E-state index is -0.889. The lowest BCUT2D eigenvalue weighted by molar-refractivity contribution is -0.121. The van der Waals surface area contributed by atoms with Gasteiger partial charge in [-0.05, 0) is 30.7 Å². The second kappa shape index (κ2) is 9.29. The molecule has 0 unspecified atom stereocenters. The van der Waals surface area contributed by atoms with Crippen molar-refractivity contribution in [2.24, 2.45) is 0 Å². The van der Waals surface area contributed by atoms with Crippen molar-refractivity contribution >= 4 is 5.91 Å². The number of ether oxygens (including phenoxy) is 2. The van der Waals surface area contributed by atoms with E-state index in [9.17, 15) is 18.8 Å². The monoisotopic (exact) mass is 427 g/mol. The van der Waals surface area contributed by atoms with Gasteiger partial charge in [-0.3, -0.25) is 23.5 Å². The van der Waals surface area contributed by atoms with E-state index < -0.39 is 22.8 Å². The molecule has 3 rings (SSSR count). The highest BCUT2D eigenvalue weighted by Gasteiger charge is 2.14. The van der Waals surface area contributed by atoms with Gasteiger partial charge >= 0.3 is 11.1 Å². The van der Waals surface area contributed by atoms with Crippen molar-refractivity contribution < 1.29 is 18.7 Å².